The number of aryl methyl sites for hydroxylation is 1. The van der Waals surface area contributed by atoms with Crippen LogP contribution in [0.4, 0.5) is 0 Å². The summed E-state index contributed by atoms with van der Waals surface area (Å²) in [6.45, 7) is 2.71. The van der Waals surface area contributed by atoms with Gasteiger partial charge in [0, 0.05) is 16.3 Å². The number of aromatic amines is 2. The van der Waals surface area contributed by atoms with Gasteiger partial charge in [0.1, 0.15) is 17.7 Å². The third-order valence-electron chi connectivity index (χ3n) is 7.00. The number of hydrogen-bond acceptors (Lipinski definition) is 6. The Morgan fingerprint density at radius 2 is 1.55 bits per heavy atom. The summed E-state index contributed by atoms with van der Waals surface area (Å²) in [6, 6.07) is 18.3. The van der Waals surface area contributed by atoms with E-state index in [2.05, 4.69) is 39.2 Å². The number of carbonyl (C=O) groups is 1. The Morgan fingerprint density at radius 1 is 0.921 bits per heavy atom. The molecule has 1 aliphatic rings. The molecule has 5 aromatic rings. The van der Waals surface area contributed by atoms with E-state index in [0.717, 1.165) is 52.9 Å². The van der Waals surface area contributed by atoms with Gasteiger partial charge in [0.2, 0.25) is 5.91 Å². The van der Waals surface area contributed by atoms with Crippen molar-refractivity contribution in [1.82, 2.24) is 29.7 Å². The van der Waals surface area contributed by atoms with Gasteiger partial charge < -0.3 is 14.9 Å². The molecule has 0 spiro atoms. The van der Waals surface area contributed by atoms with E-state index in [4.69, 9.17) is 4.98 Å². The van der Waals surface area contributed by atoms with Crippen molar-refractivity contribution in [3.8, 4) is 30.9 Å². The molecule has 7 nitrogen and oxygen atoms in total. The number of likely N-dealkylation sites (tertiary alicyclic amines) is 1. The molecule has 38 heavy (non-hydrogen) atoms. The fourth-order valence-corrected chi connectivity index (χ4v) is 7.21. The number of rotatable bonds is 7. The third-order valence-corrected chi connectivity index (χ3v) is 9.43. The molecular weight excluding hydrogens is 512 g/mol. The first-order valence-corrected chi connectivity index (χ1v) is 14.4. The van der Waals surface area contributed by atoms with E-state index in [1.807, 2.05) is 73.5 Å². The van der Waals surface area contributed by atoms with Crippen molar-refractivity contribution in [2.24, 2.45) is 0 Å². The van der Waals surface area contributed by atoms with E-state index in [9.17, 15) is 4.79 Å². The summed E-state index contributed by atoms with van der Waals surface area (Å²) >= 11 is 3.51. The maximum atomic E-state index is 13.8. The molecule has 0 unspecified atom stereocenters. The van der Waals surface area contributed by atoms with Crippen LogP contribution in [0.25, 0.3) is 30.9 Å². The molecular formula is C29H30N6OS2. The van der Waals surface area contributed by atoms with Gasteiger partial charge in [-0.2, -0.15) is 0 Å². The zero-order valence-corrected chi connectivity index (χ0v) is 23.3. The SMILES string of the molecule is Cc1ncc(-c2ccc(-c3ccc(-c4cnc([C@@H]5CCCN5C(=O)[C@@H](c5ccccc5)N(C)C)[nH]4)s3)s2)[nH]1. The van der Waals surface area contributed by atoms with Gasteiger partial charge in [-0.25, -0.2) is 9.97 Å². The number of imidazole rings is 2. The second-order valence-corrected chi connectivity index (χ2v) is 12.0. The average Bonchev–Trinajstić information content (AvgIpc) is 3.72. The van der Waals surface area contributed by atoms with E-state index in [1.54, 1.807) is 22.7 Å². The standard InChI is InChI=1S/C29H30N6OS2/c1-18-30-16-20(32-18)23-11-13-25(37-23)26-14-12-24(38-26)21-17-31-28(33-21)22-10-7-15-35(22)29(36)27(34(2)3)19-8-5-4-6-9-19/h4-6,8-9,11-14,16-17,22,27H,7,10,15H2,1-3H3,(H,30,32)(H,31,33)/t22-,27+/m0/s1. The molecule has 5 heterocycles. The minimum atomic E-state index is -0.313. The topological polar surface area (TPSA) is 80.9 Å². The van der Waals surface area contributed by atoms with Crippen molar-refractivity contribution in [2.75, 3.05) is 20.6 Å². The van der Waals surface area contributed by atoms with Crippen LogP contribution < -0.4 is 0 Å². The Kier molecular flexibility index (Phi) is 6.73. The normalized spacial score (nSPS) is 16.4. The molecule has 1 amide bonds. The van der Waals surface area contributed by atoms with Crippen LogP contribution in [0.2, 0.25) is 0 Å². The maximum absolute atomic E-state index is 13.8. The minimum absolute atomic E-state index is 0.0421. The fraction of sp³-hybridized carbons (Fsp3) is 0.276. The number of thiophene rings is 2. The molecule has 2 N–H and O–H groups in total. The van der Waals surface area contributed by atoms with Gasteiger partial charge in [-0.3, -0.25) is 9.69 Å². The molecule has 0 radical (unpaired) electrons. The molecule has 0 saturated carbocycles. The number of hydrogen-bond donors (Lipinski definition) is 2. The fourth-order valence-electron chi connectivity index (χ4n) is 5.18. The van der Waals surface area contributed by atoms with E-state index in [0.29, 0.717) is 0 Å². The van der Waals surface area contributed by atoms with Crippen LogP contribution in [0.15, 0.2) is 67.0 Å². The minimum Gasteiger partial charge on any atom is -0.342 e. The van der Waals surface area contributed by atoms with Gasteiger partial charge in [0.25, 0.3) is 0 Å². The molecule has 4 aromatic heterocycles. The predicted molar refractivity (Wildman–Crippen MR) is 154 cm³/mol. The number of aromatic nitrogens is 4. The number of H-pyrrole nitrogens is 2. The summed E-state index contributed by atoms with van der Waals surface area (Å²) in [5, 5.41) is 0. The van der Waals surface area contributed by atoms with E-state index in [1.165, 1.54) is 14.6 Å². The predicted octanol–water partition coefficient (Wildman–Crippen LogP) is 6.53. The molecule has 0 bridgehead atoms. The number of benzene rings is 1. The highest BCUT2D eigenvalue weighted by Crippen LogP contribution is 2.40. The van der Waals surface area contributed by atoms with Crippen LogP contribution in [0.1, 0.15) is 42.1 Å². The van der Waals surface area contributed by atoms with Gasteiger partial charge >= 0.3 is 0 Å². The molecule has 9 heteroatoms. The van der Waals surface area contributed by atoms with Crippen molar-refractivity contribution in [1.29, 1.82) is 0 Å². The van der Waals surface area contributed by atoms with Crippen molar-refractivity contribution in [3.05, 3.63) is 84.2 Å². The number of carbonyl (C=O) groups excluding carboxylic acids is 1. The first-order chi connectivity index (χ1) is 18.5. The maximum Gasteiger partial charge on any atom is 0.245 e. The summed E-state index contributed by atoms with van der Waals surface area (Å²) in [4.78, 5) is 38.4. The Balaban J connectivity index is 1.21. The molecule has 1 aromatic carbocycles. The lowest BCUT2D eigenvalue weighted by atomic mass is 10.0. The molecule has 0 aliphatic carbocycles. The van der Waals surface area contributed by atoms with Gasteiger partial charge in [0.05, 0.1) is 39.6 Å². The number of likely N-dealkylation sites (N-methyl/N-ethyl adjacent to an activating group) is 1. The Labute approximate surface area is 230 Å². The van der Waals surface area contributed by atoms with Crippen molar-refractivity contribution >= 4 is 28.6 Å². The lowest BCUT2D eigenvalue weighted by molar-refractivity contribution is -0.137. The van der Waals surface area contributed by atoms with Gasteiger partial charge in [0.15, 0.2) is 0 Å². The zero-order valence-electron chi connectivity index (χ0n) is 21.6. The number of nitrogens with one attached hydrogen (secondary N) is 2. The molecule has 2 atom stereocenters. The van der Waals surface area contributed by atoms with Crippen LogP contribution in [0.3, 0.4) is 0 Å². The quantitative estimate of drug-likeness (QED) is 0.245. The molecule has 6 rings (SSSR count). The van der Waals surface area contributed by atoms with Crippen LogP contribution in [-0.4, -0.2) is 56.3 Å². The second kappa shape index (κ2) is 10.3. The van der Waals surface area contributed by atoms with Crippen LogP contribution in [0.5, 0.6) is 0 Å². The van der Waals surface area contributed by atoms with Crippen LogP contribution in [0, 0.1) is 6.92 Å². The first kappa shape index (κ1) is 24.8. The molecule has 1 fully saturated rings. The lowest BCUT2D eigenvalue weighted by Crippen LogP contribution is -2.40. The largest absolute Gasteiger partial charge is 0.342 e. The Hall–Kier alpha value is -3.53. The van der Waals surface area contributed by atoms with E-state index in [-0.39, 0.29) is 18.0 Å². The van der Waals surface area contributed by atoms with E-state index >= 15 is 0 Å². The molecule has 1 aliphatic heterocycles. The van der Waals surface area contributed by atoms with Gasteiger partial charge in [-0.1, -0.05) is 30.3 Å². The van der Waals surface area contributed by atoms with Crippen molar-refractivity contribution < 1.29 is 4.79 Å². The van der Waals surface area contributed by atoms with Gasteiger partial charge in [-0.15, -0.1) is 22.7 Å². The highest BCUT2D eigenvalue weighted by Gasteiger charge is 2.37. The summed E-state index contributed by atoms with van der Waals surface area (Å²) < 4.78 is 0. The summed E-state index contributed by atoms with van der Waals surface area (Å²) in [5.41, 5.74) is 3.05. The molecule has 194 valence electrons. The second-order valence-electron chi connectivity index (χ2n) is 9.86. The Bertz CT molecular complexity index is 1550. The Morgan fingerprint density at radius 3 is 2.18 bits per heavy atom. The van der Waals surface area contributed by atoms with Crippen molar-refractivity contribution in [3.63, 3.8) is 0 Å². The monoisotopic (exact) mass is 542 g/mol. The lowest BCUT2D eigenvalue weighted by Gasteiger charge is -2.31. The summed E-state index contributed by atoms with van der Waals surface area (Å²) in [6.07, 6.45) is 5.67. The molecule has 1 saturated heterocycles. The number of amides is 1. The summed E-state index contributed by atoms with van der Waals surface area (Å²) in [5.74, 6) is 1.91. The van der Waals surface area contributed by atoms with Gasteiger partial charge in [-0.05, 0) is 63.7 Å². The number of nitrogens with zero attached hydrogens (tertiary/aromatic N) is 4. The zero-order chi connectivity index (χ0) is 26.2. The van der Waals surface area contributed by atoms with Crippen LogP contribution >= 0.6 is 22.7 Å². The van der Waals surface area contributed by atoms with Crippen molar-refractivity contribution in [2.45, 2.75) is 31.8 Å². The van der Waals surface area contributed by atoms with Crippen LogP contribution in [-0.2, 0) is 4.79 Å². The first-order valence-electron chi connectivity index (χ1n) is 12.8. The highest BCUT2D eigenvalue weighted by atomic mass is 32.1. The smallest absolute Gasteiger partial charge is 0.245 e. The highest BCUT2D eigenvalue weighted by molar-refractivity contribution is 7.25. The summed E-state index contributed by atoms with van der Waals surface area (Å²) in [7, 11) is 3.93. The third kappa shape index (κ3) is 4.73. The van der Waals surface area contributed by atoms with E-state index < -0.39 is 0 Å². The average molecular weight is 543 g/mol.